The molecule has 0 aromatic heterocycles. The van der Waals surface area contributed by atoms with Gasteiger partial charge in [0, 0.05) is 32.7 Å². The highest BCUT2D eigenvalue weighted by Gasteiger charge is 2.24. The third-order valence-electron chi connectivity index (χ3n) is 5.49. The molecular formula is C22H30N2O2. The molecule has 0 unspecified atom stereocenters. The van der Waals surface area contributed by atoms with Crippen LogP contribution in [0.2, 0.25) is 0 Å². The number of hydrogen-bond donors (Lipinski definition) is 0. The van der Waals surface area contributed by atoms with Crippen molar-refractivity contribution in [2.45, 2.75) is 38.3 Å². The average molecular weight is 354 g/mol. The Labute approximate surface area is 156 Å². The molecule has 4 nitrogen and oxygen atoms in total. The molecule has 4 heteroatoms. The monoisotopic (exact) mass is 354 g/mol. The van der Waals surface area contributed by atoms with Crippen LogP contribution in [0.25, 0.3) is 10.8 Å². The first-order chi connectivity index (χ1) is 12.7. The van der Waals surface area contributed by atoms with Gasteiger partial charge in [-0.1, -0.05) is 48.9 Å². The molecule has 0 saturated carbocycles. The van der Waals surface area contributed by atoms with E-state index in [1.54, 1.807) is 7.11 Å². The zero-order valence-corrected chi connectivity index (χ0v) is 16.0. The lowest BCUT2D eigenvalue weighted by Crippen LogP contribution is -2.42. The normalized spacial score (nSPS) is 18.2. The van der Waals surface area contributed by atoms with E-state index in [4.69, 9.17) is 4.74 Å². The standard InChI is InChI=1S/C22H30N2O2/c1-23-13-6-5-11-20(23)16-22(25)24(14-15-26-2)17-19-10-7-9-18-8-3-4-12-21(18)19/h3-4,7-10,12,20H,5-6,11,13-17H2,1-2H3/t20-/m1/s1. The van der Waals surface area contributed by atoms with Crippen molar-refractivity contribution in [2.24, 2.45) is 0 Å². The van der Waals surface area contributed by atoms with E-state index in [0.29, 0.717) is 32.2 Å². The summed E-state index contributed by atoms with van der Waals surface area (Å²) in [6, 6.07) is 15.1. The lowest BCUT2D eigenvalue weighted by Gasteiger charge is -2.33. The topological polar surface area (TPSA) is 32.8 Å². The third-order valence-corrected chi connectivity index (χ3v) is 5.49. The van der Waals surface area contributed by atoms with Gasteiger partial charge in [-0.05, 0) is 42.8 Å². The number of benzene rings is 2. The Morgan fingerprint density at radius 2 is 2.00 bits per heavy atom. The quantitative estimate of drug-likeness (QED) is 0.760. The summed E-state index contributed by atoms with van der Waals surface area (Å²) in [6.07, 6.45) is 4.19. The van der Waals surface area contributed by atoms with Gasteiger partial charge in [0.15, 0.2) is 0 Å². The van der Waals surface area contributed by atoms with Crippen molar-refractivity contribution in [1.82, 2.24) is 9.80 Å². The van der Waals surface area contributed by atoms with Crippen LogP contribution < -0.4 is 0 Å². The van der Waals surface area contributed by atoms with E-state index in [0.717, 1.165) is 13.0 Å². The highest BCUT2D eigenvalue weighted by molar-refractivity contribution is 5.86. The van der Waals surface area contributed by atoms with Crippen molar-refractivity contribution < 1.29 is 9.53 Å². The number of ether oxygens (including phenoxy) is 1. The van der Waals surface area contributed by atoms with Crippen LogP contribution in [-0.4, -0.2) is 55.6 Å². The molecule has 1 atom stereocenters. The molecule has 0 bridgehead atoms. The van der Waals surface area contributed by atoms with Crippen molar-refractivity contribution >= 4 is 16.7 Å². The van der Waals surface area contributed by atoms with Crippen LogP contribution in [0.1, 0.15) is 31.2 Å². The minimum absolute atomic E-state index is 0.230. The van der Waals surface area contributed by atoms with Gasteiger partial charge in [0.2, 0.25) is 5.91 Å². The van der Waals surface area contributed by atoms with E-state index in [2.05, 4.69) is 54.4 Å². The van der Waals surface area contributed by atoms with Gasteiger partial charge in [0.1, 0.15) is 0 Å². The Hall–Kier alpha value is -1.91. The Bertz CT molecular complexity index is 726. The minimum atomic E-state index is 0.230. The molecule has 0 spiro atoms. The van der Waals surface area contributed by atoms with Gasteiger partial charge in [0.05, 0.1) is 6.61 Å². The molecular weight excluding hydrogens is 324 g/mol. The van der Waals surface area contributed by atoms with Crippen LogP contribution in [0.3, 0.4) is 0 Å². The van der Waals surface area contributed by atoms with Crippen molar-refractivity contribution in [1.29, 1.82) is 0 Å². The molecule has 1 saturated heterocycles. The maximum Gasteiger partial charge on any atom is 0.224 e. The summed E-state index contributed by atoms with van der Waals surface area (Å²) < 4.78 is 5.25. The van der Waals surface area contributed by atoms with E-state index in [-0.39, 0.29) is 5.91 Å². The zero-order chi connectivity index (χ0) is 18.4. The summed E-state index contributed by atoms with van der Waals surface area (Å²) >= 11 is 0. The van der Waals surface area contributed by atoms with E-state index in [1.165, 1.54) is 29.2 Å². The minimum Gasteiger partial charge on any atom is -0.383 e. The summed E-state index contributed by atoms with van der Waals surface area (Å²) in [4.78, 5) is 17.4. The molecule has 2 aromatic rings. The summed E-state index contributed by atoms with van der Waals surface area (Å²) in [5.41, 5.74) is 1.20. The lowest BCUT2D eigenvalue weighted by atomic mass is 9.99. The van der Waals surface area contributed by atoms with Crippen molar-refractivity contribution in [2.75, 3.05) is 33.9 Å². The predicted octanol–water partition coefficient (Wildman–Crippen LogP) is 3.69. The molecule has 140 valence electrons. The van der Waals surface area contributed by atoms with Crippen molar-refractivity contribution in [3.05, 3.63) is 48.0 Å². The first kappa shape index (κ1) is 18.9. The van der Waals surface area contributed by atoms with Gasteiger partial charge >= 0.3 is 0 Å². The maximum atomic E-state index is 13.0. The largest absolute Gasteiger partial charge is 0.383 e. The zero-order valence-electron chi connectivity index (χ0n) is 16.0. The number of rotatable bonds is 7. The van der Waals surface area contributed by atoms with Gasteiger partial charge in [0.25, 0.3) is 0 Å². The van der Waals surface area contributed by atoms with Gasteiger partial charge < -0.3 is 14.5 Å². The molecule has 1 fully saturated rings. The van der Waals surface area contributed by atoms with E-state index < -0.39 is 0 Å². The number of carbonyl (C=O) groups excluding carboxylic acids is 1. The Morgan fingerprint density at radius 1 is 1.19 bits per heavy atom. The maximum absolute atomic E-state index is 13.0. The predicted molar refractivity (Wildman–Crippen MR) is 106 cm³/mol. The van der Waals surface area contributed by atoms with Crippen LogP contribution in [0.15, 0.2) is 42.5 Å². The summed E-state index contributed by atoms with van der Waals surface area (Å²) in [6.45, 7) is 2.94. The molecule has 26 heavy (non-hydrogen) atoms. The number of hydrogen-bond acceptors (Lipinski definition) is 3. The van der Waals surface area contributed by atoms with Crippen LogP contribution in [0.4, 0.5) is 0 Å². The highest BCUT2D eigenvalue weighted by atomic mass is 16.5. The van der Waals surface area contributed by atoms with Gasteiger partial charge in [-0.25, -0.2) is 0 Å². The highest BCUT2D eigenvalue weighted by Crippen LogP contribution is 2.22. The molecule has 0 radical (unpaired) electrons. The number of methoxy groups -OCH3 is 1. The summed E-state index contributed by atoms with van der Waals surface area (Å²) in [7, 11) is 3.83. The number of amides is 1. The Balaban J connectivity index is 1.75. The fraction of sp³-hybridized carbons (Fsp3) is 0.500. The van der Waals surface area contributed by atoms with Gasteiger partial charge in [-0.3, -0.25) is 4.79 Å². The number of fused-ring (bicyclic) bond motifs is 1. The summed E-state index contributed by atoms with van der Waals surface area (Å²) in [5, 5.41) is 2.44. The fourth-order valence-corrected chi connectivity index (χ4v) is 3.86. The number of carbonyl (C=O) groups is 1. The second-order valence-corrected chi connectivity index (χ2v) is 7.28. The smallest absolute Gasteiger partial charge is 0.224 e. The molecule has 2 aromatic carbocycles. The second-order valence-electron chi connectivity index (χ2n) is 7.28. The Kier molecular flexibility index (Phi) is 6.64. The van der Waals surface area contributed by atoms with E-state index in [1.807, 2.05) is 4.90 Å². The van der Waals surface area contributed by atoms with Crippen LogP contribution in [0.5, 0.6) is 0 Å². The molecule has 1 aliphatic heterocycles. The molecule has 1 heterocycles. The second kappa shape index (κ2) is 9.15. The van der Waals surface area contributed by atoms with Crippen LogP contribution in [-0.2, 0) is 16.1 Å². The lowest BCUT2D eigenvalue weighted by molar-refractivity contribution is -0.134. The molecule has 3 rings (SSSR count). The van der Waals surface area contributed by atoms with Crippen LogP contribution >= 0.6 is 0 Å². The third kappa shape index (κ3) is 4.63. The summed E-state index contributed by atoms with van der Waals surface area (Å²) in [5.74, 6) is 0.230. The number of nitrogens with zero attached hydrogens (tertiary/aromatic N) is 2. The van der Waals surface area contributed by atoms with Gasteiger partial charge in [-0.15, -0.1) is 0 Å². The number of piperidine rings is 1. The average Bonchev–Trinajstić information content (AvgIpc) is 2.67. The molecule has 1 amide bonds. The SMILES string of the molecule is COCCN(Cc1cccc2ccccc12)C(=O)C[C@H]1CCCCN1C. The van der Waals surface area contributed by atoms with Crippen LogP contribution in [0, 0.1) is 0 Å². The molecule has 0 aliphatic carbocycles. The fourth-order valence-electron chi connectivity index (χ4n) is 3.86. The van der Waals surface area contributed by atoms with E-state index >= 15 is 0 Å². The first-order valence-electron chi connectivity index (χ1n) is 9.62. The number of likely N-dealkylation sites (tertiary alicyclic amines) is 1. The first-order valence-corrected chi connectivity index (χ1v) is 9.62. The molecule has 1 aliphatic rings. The van der Waals surface area contributed by atoms with Crippen molar-refractivity contribution in [3.8, 4) is 0 Å². The van der Waals surface area contributed by atoms with Crippen molar-refractivity contribution in [3.63, 3.8) is 0 Å². The van der Waals surface area contributed by atoms with E-state index in [9.17, 15) is 4.79 Å². The Morgan fingerprint density at radius 3 is 2.81 bits per heavy atom. The van der Waals surface area contributed by atoms with Gasteiger partial charge in [-0.2, -0.15) is 0 Å². The molecule has 0 N–H and O–H groups in total.